The van der Waals surface area contributed by atoms with Gasteiger partial charge in [-0.2, -0.15) is 0 Å². The van der Waals surface area contributed by atoms with Crippen molar-refractivity contribution in [2.24, 2.45) is 0 Å². The average molecular weight is 259 g/mol. The molecule has 0 aliphatic carbocycles. The van der Waals surface area contributed by atoms with Crippen molar-refractivity contribution in [3.63, 3.8) is 0 Å². The van der Waals surface area contributed by atoms with Gasteiger partial charge in [0.2, 0.25) is 6.41 Å². The minimum absolute atomic E-state index is 0.330. The number of nitrogens with zero attached hydrogens (tertiary/aromatic N) is 5. The van der Waals surface area contributed by atoms with E-state index in [1.165, 1.54) is 6.33 Å². The van der Waals surface area contributed by atoms with Crippen LogP contribution in [0.2, 0.25) is 0 Å². The van der Waals surface area contributed by atoms with Crippen molar-refractivity contribution in [3.8, 4) is 0 Å². The van der Waals surface area contributed by atoms with Crippen molar-refractivity contribution < 1.29 is 4.79 Å². The molecule has 1 aliphatic rings. The van der Waals surface area contributed by atoms with E-state index in [9.17, 15) is 4.79 Å². The predicted molar refractivity (Wildman–Crippen MR) is 70.2 cm³/mol. The van der Waals surface area contributed by atoms with Gasteiger partial charge in [0.25, 0.3) is 0 Å². The highest BCUT2D eigenvalue weighted by Gasteiger charge is 2.39. The van der Waals surface area contributed by atoms with E-state index in [0.29, 0.717) is 0 Å². The monoisotopic (exact) mass is 259 g/mol. The van der Waals surface area contributed by atoms with Gasteiger partial charge in [-0.3, -0.25) is 9.36 Å². The number of piperidine rings is 1. The topological polar surface area (TPSA) is 63.9 Å². The molecular weight excluding hydrogens is 242 g/mol. The highest BCUT2D eigenvalue weighted by Crippen LogP contribution is 2.36. The summed E-state index contributed by atoms with van der Waals surface area (Å²) in [4.78, 5) is 26.0. The molecule has 3 heterocycles. The van der Waals surface area contributed by atoms with Crippen LogP contribution in [-0.4, -0.2) is 37.4 Å². The van der Waals surface area contributed by atoms with Crippen LogP contribution in [0.4, 0.5) is 0 Å². The average Bonchev–Trinajstić information content (AvgIpc) is 2.91. The quantitative estimate of drug-likeness (QED) is 0.784. The number of imidazole rings is 1. The molecule has 2 aromatic rings. The van der Waals surface area contributed by atoms with Crippen LogP contribution in [-0.2, 0) is 10.5 Å². The van der Waals surface area contributed by atoms with E-state index in [2.05, 4.69) is 21.9 Å². The number of carbonyl (C=O) groups excluding carboxylic acids is 1. The summed E-state index contributed by atoms with van der Waals surface area (Å²) < 4.78 is 2.04. The van der Waals surface area contributed by atoms with Crippen molar-refractivity contribution in [3.05, 3.63) is 18.9 Å². The third-order valence-electron chi connectivity index (χ3n) is 4.12. The van der Waals surface area contributed by atoms with E-state index >= 15 is 0 Å². The fourth-order valence-electron chi connectivity index (χ4n) is 3.07. The van der Waals surface area contributed by atoms with Gasteiger partial charge in [0.15, 0.2) is 5.65 Å². The number of aromatic nitrogens is 4. The van der Waals surface area contributed by atoms with E-state index in [1.54, 1.807) is 12.5 Å². The maximum Gasteiger partial charge on any atom is 0.211 e. The molecule has 100 valence electrons. The molecule has 0 radical (unpaired) electrons. The third-order valence-corrected chi connectivity index (χ3v) is 4.12. The lowest BCUT2D eigenvalue weighted by molar-refractivity contribution is -0.132. The second kappa shape index (κ2) is 4.60. The normalized spacial score (nSPS) is 23.7. The molecular formula is C13H17N5O. The number of hydrogen-bond acceptors (Lipinski definition) is 4. The van der Waals surface area contributed by atoms with Crippen LogP contribution in [0.15, 0.2) is 18.9 Å². The summed E-state index contributed by atoms with van der Waals surface area (Å²) in [6, 6.07) is 0. The first-order valence-electron chi connectivity index (χ1n) is 6.67. The largest absolute Gasteiger partial charge is 0.322 e. The van der Waals surface area contributed by atoms with E-state index in [1.807, 2.05) is 9.47 Å². The second-order valence-electron chi connectivity index (χ2n) is 4.94. The molecule has 2 aromatic heterocycles. The molecule has 1 aliphatic heterocycles. The lowest BCUT2D eigenvalue weighted by Gasteiger charge is -2.45. The predicted octanol–water partition coefficient (Wildman–Crippen LogP) is 1.53. The van der Waals surface area contributed by atoms with Crippen molar-refractivity contribution >= 4 is 17.6 Å². The van der Waals surface area contributed by atoms with Crippen molar-refractivity contribution in [2.45, 2.75) is 38.3 Å². The van der Waals surface area contributed by atoms with Crippen LogP contribution in [0.5, 0.6) is 0 Å². The number of hydrogen-bond donors (Lipinski definition) is 0. The SMILES string of the molecule is CCC1(n2cnc3cncnc32)CCCCN1C=O. The smallest absolute Gasteiger partial charge is 0.211 e. The molecule has 0 bridgehead atoms. The minimum atomic E-state index is -0.330. The molecule has 1 unspecified atom stereocenters. The summed E-state index contributed by atoms with van der Waals surface area (Å²) in [5.74, 6) is 0. The van der Waals surface area contributed by atoms with Gasteiger partial charge in [-0.05, 0) is 25.7 Å². The summed E-state index contributed by atoms with van der Waals surface area (Å²) in [7, 11) is 0. The van der Waals surface area contributed by atoms with E-state index in [-0.39, 0.29) is 5.66 Å². The molecule has 3 rings (SSSR count). The van der Waals surface area contributed by atoms with Gasteiger partial charge in [-0.1, -0.05) is 6.92 Å². The Morgan fingerprint density at radius 1 is 1.42 bits per heavy atom. The van der Waals surface area contributed by atoms with Crippen LogP contribution in [0.25, 0.3) is 11.2 Å². The minimum Gasteiger partial charge on any atom is -0.322 e. The van der Waals surface area contributed by atoms with Gasteiger partial charge in [0.05, 0.1) is 12.5 Å². The van der Waals surface area contributed by atoms with Crippen LogP contribution in [0.1, 0.15) is 32.6 Å². The van der Waals surface area contributed by atoms with Gasteiger partial charge >= 0.3 is 0 Å². The molecule has 0 aromatic carbocycles. The molecule has 1 saturated heterocycles. The van der Waals surface area contributed by atoms with Crippen molar-refractivity contribution in [1.29, 1.82) is 0 Å². The van der Waals surface area contributed by atoms with Gasteiger partial charge < -0.3 is 4.90 Å². The third kappa shape index (κ3) is 1.70. The Balaban J connectivity index is 2.17. The molecule has 1 atom stereocenters. The first kappa shape index (κ1) is 12.1. The Labute approximate surface area is 111 Å². The van der Waals surface area contributed by atoms with Gasteiger partial charge in [-0.15, -0.1) is 0 Å². The molecule has 19 heavy (non-hydrogen) atoms. The lowest BCUT2D eigenvalue weighted by atomic mass is 9.92. The molecule has 1 amide bonds. The molecule has 6 heteroatoms. The zero-order chi connectivity index (χ0) is 13.3. The number of carbonyl (C=O) groups is 1. The molecule has 0 spiro atoms. The van der Waals surface area contributed by atoms with Crippen molar-refractivity contribution in [1.82, 2.24) is 24.4 Å². The lowest BCUT2D eigenvalue weighted by Crippen LogP contribution is -2.52. The number of rotatable bonds is 3. The van der Waals surface area contributed by atoms with E-state index < -0.39 is 0 Å². The molecule has 6 nitrogen and oxygen atoms in total. The first-order valence-corrected chi connectivity index (χ1v) is 6.67. The highest BCUT2D eigenvalue weighted by molar-refractivity contribution is 5.69. The van der Waals surface area contributed by atoms with Crippen LogP contribution in [0.3, 0.4) is 0 Å². The van der Waals surface area contributed by atoms with Gasteiger partial charge in [0, 0.05) is 6.54 Å². The van der Waals surface area contributed by atoms with Gasteiger partial charge in [-0.25, -0.2) is 15.0 Å². The van der Waals surface area contributed by atoms with Gasteiger partial charge in [0.1, 0.15) is 17.5 Å². The zero-order valence-electron chi connectivity index (χ0n) is 11.0. The Bertz CT molecular complexity index is 595. The summed E-state index contributed by atoms with van der Waals surface area (Å²) in [6.07, 6.45) is 9.93. The number of fused-ring (bicyclic) bond motifs is 1. The fourth-order valence-corrected chi connectivity index (χ4v) is 3.07. The summed E-state index contributed by atoms with van der Waals surface area (Å²) in [5.41, 5.74) is 1.24. The van der Waals surface area contributed by atoms with E-state index in [0.717, 1.165) is 49.8 Å². The summed E-state index contributed by atoms with van der Waals surface area (Å²) in [5, 5.41) is 0. The highest BCUT2D eigenvalue weighted by atomic mass is 16.1. The standard InChI is InChI=1S/C13H17N5O/c1-2-13(5-3-4-6-17(13)10-19)18-9-16-11-7-14-8-15-12(11)18/h7-10H,2-6H2,1H3. The van der Waals surface area contributed by atoms with Crippen LogP contribution in [0, 0.1) is 0 Å². The Kier molecular flexibility index (Phi) is 2.93. The fraction of sp³-hybridized carbons (Fsp3) is 0.538. The second-order valence-corrected chi connectivity index (χ2v) is 4.94. The Hall–Kier alpha value is -1.98. The Morgan fingerprint density at radius 3 is 3.11 bits per heavy atom. The molecule has 0 N–H and O–H groups in total. The molecule has 1 fully saturated rings. The molecule has 0 saturated carbocycles. The number of amides is 1. The summed E-state index contributed by atoms with van der Waals surface area (Å²) in [6.45, 7) is 2.90. The summed E-state index contributed by atoms with van der Waals surface area (Å²) >= 11 is 0. The maximum atomic E-state index is 11.4. The van der Waals surface area contributed by atoms with Crippen LogP contribution >= 0.6 is 0 Å². The van der Waals surface area contributed by atoms with Crippen molar-refractivity contribution in [2.75, 3.05) is 6.54 Å². The zero-order valence-corrected chi connectivity index (χ0v) is 11.0. The Morgan fingerprint density at radius 2 is 2.32 bits per heavy atom. The van der Waals surface area contributed by atoms with Crippen LogP contribution < -0.4 is 0 Å². The number of likely N-dealkylation sites (tertiary alicyclic amines) is 1. The first-order chi connectivity index (χ1) is 9.31. The van der Waals surface area contributed by atoms with E-state index in [4.69, 9.17) is 0 Å². The maximum absolute atomic E-state index is 11.4.